The van der Waals surface area contributed by atoms with Crippen LogP contribution >= 0.6 is 0 Å². The highest BCUT2D eigenvalue weighted by Gasteiger charge is 2.17. The Morgan fingerprint density at radius 3 is 1.62 bits per heavy atom. The van der Waals surface area contributed by atoms with Crippen molar-refractivity contribution in [3.8, 4) is 5.75 Å². The zero-order chi connectivity index (χ0) is 16.8. The van der Waals surface area contributed by atoms with Crippen LogP contribution in [0.5, 0.6) is 5.75 Å². The van der Waals surface area contributed by atoms with Crippen molar-refractivity contribution in [1.82, 2.24) is 5.32 Å². The second-order valence-corrected chi connectivity index (χ2v) is 5.92. The van der Waals surface area contributed by atoms with Gasteiger partial charge in [-0.25, -0.2) is 0 Å². The Morgan fingerprint density at radius 2 is 1.17 bits per heavy atom. The third-order valence-electron chi connectivity index (χ3n) is 4.30. The molecule has 1 atom stereocenters. The van der Waals surface area contributed by atoms with Gasteiger partial charge in [-0.05, 0) is 35.7 Å². The molecule has 1 N–H and O–H groups in total. The summed E-state index contributed by atoms with van der Waals surface area (Å²) < 4.78 is 5.25. The fraction of sp³-hybridized carbons (Fsp3) is 0.182. The normalized spacial score (nSPS) is 12.1. The molecule has 0 saturated carbocycles. The molecule has 0 unspecified atom stereocenters. The summed E-state index contributed by atoms with van der Waals surface area (Å²) in [5, 5.41) is 3.76. The summed E-state index contributed by atoms with van der Waals surface area (Å²) in [5.41, 5.74) is 3.78. The van der Waals surface area contributed by atoms with E-state index in [2.05, 4.69) is 85.0 Å². The minimum atomic E-state index is 0.157. The molecule has 0 radical (unpaired) electrons. The molecule has 122 valence electrons. The van der Waals surface area contributed by atoms with Gasteiger partial charge in [0.05, 0.1) is 13.2 Å². The molecule has 0 heterocycles. The summed E-state index contributed by atoms with van der Waals surface area (Å²) in [6.45, 7) is 2.20. The monoisotopic (exact) mass is 317 g/mol. The van der Waals surface area contributed by atoms with Crippen molar-refractivity contribution in [2.24, 2.45) is 0 Å². The number of nitrogens with one attached hydrogen (secondary N) is 1. The Kier molecular flexibility index (Phi) is 5.29. The molecule has 0 bridgehead atoms. The number of ether oxygens (including phenoxy) is 1. The molecular formula is C22H23NO. The quantitative estimate of drug-likeness (QED) is 0.680. The third kappa shape index (κ3) is 3.84. The summed E-state index contributed by atoms with van der Waals surface area (Å²) in [5.74, 6) is 0.883. The highest BCUT2D eigenvalue weighted by atomic mass is 16.5. The van der Waals surface area contributed by atoms with Crippen molar-refractivity contribution in [3.63, 3.8) is 0 Å². The summed E-state index contributed by atoms with van der Waals surface area (Å²) in [4.78, 5) is 0. The van der Waals surface area contributed by atoms with E-state index in [1.807, 2.05) is 12.1 Å². The van der Waals surface area contributed by atoms with Crippen molar-refractivity contribution in [3.05, 3.63) is 102 Å². The molecule has 3 aromatic carbocycles. The summed E-state index contributed by atoms with van der Waals surface area (Å²) in [7, 11) is 1.69. The molecule has 0 spiro atoms. The Balaban J connectivity index is 1.86. The molecule has 0 amide bonds. The molecule has 0 aliphatic rings. The van der Waals surface area contributed by atoms with E-state index >= 15 is 0 Å². The lowest BCUT2D eigenvalue weighted by molar-refractivity contribution is 0.414. The Bertz CT molecular complexity index is 698. The highest BCUT2D eigenvalue weighted by molar-refractivity contribution is 5.33. The maximum Gasteiger partial charge on any atom is 0.118 e. The van der Waals surface area contributed by atoms with Crippen molar-refractivity contribution < 1.29 is 4.74 Å². The molecule has 0 aromatic heterocycles. The van der Waals surface area contributed by atoms with Gasteiger partial charge in [-0.3, -0.25) is 5.32 Å². The van der Waals surface area contributed by atoms with Crippen LogP contribution in [0.3, 0.4) is 0 Å². The second kappa shape index (κ2) is 7.80. The molecule has 0 saturated heterocycles. The van der Waals surface area contributed by atoms with Gasteiger partial charge in [-0.15, -0.1) is 0 Å². The van der Waals surface area contributed by atoms with Crippen molar-refractivity contribution in [2.45, 2.75) is 19.0 Å². The number of hydrogen-bond acceptors (Lipinski definition) is 2. The van der Waals surface area contributed by atoms with Gasteiger partial charge in [0.1, 0.15) is 5.75 Å². The first-order valence-corrected chi connectivity index (χ1v) is 8.28. The van der Waals surface area contributed by atoms with Crippen LogP contribution in [0.25, 0.3) is 0 Å². The van der Waals surface area contributed by atoms with Gasteiger partial charge >= 0.3 is 0 Å². The van der Waals surface area contributed by atoms with Crippen molar-refractivity contribution in [2.75, 3.05) is 7.11 Å². The largest absolute Gasteiger partial charge is 0.497 e. The Labute approximate surface area is 144 Å². The number of benzene rings is 3. The topological polar surface area (TPSA) is 21.3 Å². The first-order chi connectivity index (χ1) is 11.8. The van der Waals surface area contributed by atoms with Gasteiger partial charge in [0, 0.05) is 6.04 Å². The Hall–Kier alpha value is -2.58. The summed E-state index contributed by atoms with van der Waals surface area (Å²) in [6, 6.07) is 29.8. The Morgan fingerprint density at radius 1 is 0.667 bits per heavy atom. The molecule has 2 heteroatoms. The maximum atomic E-state index is 5.25. The van der Waals surface area contributed by atoms with Gasteiger partial charge in [0.2, 0.25) is 0 Å². The zero-order valence-corrected chi connectivity index (χ0v) is 14.1. The van der Waals surface area contributed by atoms with E-state index < -0.39 is 0 Å². The fourth-order valence-electron chi connectivity index (χ4n) is 2.91. The molecule has 0 fully saturated rings. The SMILES string of the molecule is COc1ccc([C@@H](C)NC(c2ccccc2)c2ccccc2)cc1. The molecule has 2 nitrogen and oxygen atoms in total. The van der Waals surface area contributed by atoms with Gasteiger partial charge < -0.3 is 4.74 Å². The van der Waals surface area contributed by atoms with E-state index in [1.165, 1.54) is 16.7 Å². The molecule has 3 aromatic rings. The van der Waals surface area contributed by atoms with Crippen LogP contribution in [-0.4, -0.2) is 7.11 Å². The van der Waals surface area contributed by atoms with E-state index in [0.29, 0.717) is 0 Å². The molecular weight excluding hydrogens is 294 g/mol. The van der Waals surface area contributed by atoms with Gasteiger partial charge in [-0.1, -0.05) is 72.8 Å². The van der Waals surface area contributed by atoms with E-state index in [-0.39, 0.29) is 12.1 Å². The second-order valence-electron chi connectivity index (χ2n) is 5.92. The first-order valence-electron chi connectivity index (χ1n) is 8.28. The van der Waals surface area contributed by atoms with Gasteiger partial charge in [-0.2, -0.15) is 0 Å². The minimum absolute atomic E-state index is 0.157. The van der Waals surface area contributed by atoms with E-state index in [1.54, 1.807) is 7.11 Å². The maximum absolute atomic E-state index is 5.25. The zero-order valence-electron chi connectivity index (χ0n) is 14.1. The van der Waals surface area contributed by atoms with Crippen LogP contribution < -0.4 is 10.1 Å². The molecule has 24 heavy (non-hydrogen) atoms. The lowest BCUT2D eigenvalue weighted by Crippen LogP contribution is -2.25. The molecule has 3 rings (SSSR count). The van der Waals surface area contributed by atoms with E-state index in [0.717, 1.165) is 5.75 Å². The smallest absolute Gasteiger partial charge is 0.118 e. The highest BCUT2D eigenvalue weighted by Crippen LogP contribution is 2.26. The lowest BCUT2D eigenvalue weighted by atomic mass is 9.96. The molecule has 0 aliphatic heterocycles. The average molecular weight is 317 g/mol. The summed E-state index contributed by atoms with van der Waals surface area (Å²) >= 11 is 0. The van der Waals surface area contributed by atoms with Crippen LogP contribution in [0.4, 0.5) is 0 Å². The predicted molar refractivity (Wildman–Crippen MR) is 99.3 cm³/mol. The van der Waals surface area contributed by atoms with E-state index in [9.17, 15) is 0 Å². The lowest BCUT2D eigenvalue weighted by Gasteiger charge is -2.25. The first kappa shape index (κ1) is 16.3. The van der Waals surface area contributed by atoms with Crippen molar-refractivity contribution in [1.29, 1.82) is 0 Å². The molecule has 0 aliphatic carbocycles. The summed E-state index contributed by atoms with van der Waals surface area (Å²) in [6.07, 6.45) is 0. The number of rotatable bonds is 6. The number of methoxy groups -OCH3 is 1. The standard InChI is InChI=1S/C22H23NO/c1-17(18-13-15-21(24-2)16-14-18)23-22(19-9-5-3-6-10-19)20-11-7-4-8-12-20/h3-17,22-23H,1-2H3/t17-/m1/s1. The van der Waals surface area contributed by atoms with Crippen molar-refractivity contribution >= 4 is 0 Å². The predicted octanol–water partition coefficient (Wildman–Crippen LogP) is 5.14. The minimum Gasteiger partial charge on any atom is -0.497 e. The van der Waals surface area contributed by atoms with Crippen LogP contribution in [0.1, 0.15) is 35.7 Å². The number of hydrogen-bond donors (Lipinski definition) is 1. The fourth-order valence-corrected chi connectivity index (χ4v) is 2.91. The third-order valence-corrected chi connectivity index (χ3v) is 4.30. The van der Waals surface area contributed by atoms with Gasteiger partial charge in [0.25, 0.3) is 0 Å². The van der Waals surface area contributed by atoms with Crippen LogP contribution in [-0.2, 0) is 0 Å². The van der Waals surface area contributed by atoms with E-state index in [4.69, 9.17) is 4.74 Å². The van der Waals surface area contributed by atoms with Crippen LogP contribution in [0.2, 0.25) is 0 Å². The average Bonchev–Trinajstić information content (AvgIpc) is 2.67. The van der Waals surface area contributed by atoms with Crippen LogP contribution in [0.15, 0.2) is 84.9 Å². The van der Waals surface area contributed by atoms with Gasteiger partial charge in [0.15, 0.2) is 0 Å². The van der Waals surface area contributed by atoms with Crippen LogP contribution in [0, 0.1) is 0 Å².